The normalized spacial score (nSPS) is 15.5. The molecule has 0 spiro atoms. The van der Waals surface area contributed by atoms with Crippen LogP contribution in [0.5, 0.6) is 0 Å². The summed E-state index contributed by atoms with van der Waals surface area (Å²) in [6, 6.07) is 20.3. The van der Waals surface area contributed by atoms with Crippen molar-refractivity contribution in [3.63, 3.8) is 0 Å². The molecule has 1 N–H and O–H groups in total. The lowest BCUT2D eigenvalue weighted by Crippen LogP contribution is -2.34. The van der Waals surface area contributed by atoms with Crippen LogP contribution in [0.4, 0.5) is 0 Å². The van der Waals surface area contributed by atoms with Crippen LogP contribution in [0.25, 0.3) is 11.4 Å². The number of likely N-dealkylation sites (tertiary alicyclic amines) is 1. The van der Waals surface area contributed by atoms with Crippen LogP contribution >= 0.6 is 0 Å². The van der Waals surface area contributed by atoms with E-state index in [2.05, 4.69) is 56.5 Å². The molecule has 0 aliphatic carbocycles. The van der Waals surface area contributed by atoms with Gasteiger partial charge in [0.1, 0.15) is 5.82 Å². The zero-order chi connectivity index (χ0) is 18.5. The maximum absolute atomic E-state index is 8.89. The summed E-state index contributed by atoms with van der Waals surface area (Å²) >= 11 is 0. The van der Waals surface area contributed by atoms with Gasteiger partial charge in [-0.3, -0.25) is 10.00 Å². The number of nitrogens with zero attached hydrogens (tertiary/aromatic N) is 4. The van der Waals surface area contributed by atoms with Crippen LogP contribution in [0.15, 0.2) is 54.6 Å². The van der Waals surface area contributed by atoms with Gasteiger partial charge in [-0.25, -0.2) is 4.98 Å². The molecule has 1 aliphatic rings. The molecule has 0 atom stereocenters. The number of hydrogen-bond donors (Lipinski definition) is 1. The number of hydrogen-bond acceptors (Lipinski definition) is 4. The molecule has 1 fully saturated rings. The molecule has 1 aromatic heterocycles. The zero-order valence-electron chi connectivity index (χ0n) is 15.3. The highest BCUT2D eigenvalue weighted by Gasteiger charge is 2.20. The average Bonchev–Trinajstić information content (AvgIpc) is 3.19. The molecule has 4 rings (SSSR count). The van der Waals surface area contributed by atoms with Gasteiger partial charge in [0.05, 0.1) is 18.2 Å². The first-order chi connectivity index (χ1) is 13.3. The van der Waals surface area contributed by atoms with Crippen molar-refractivity contribution in [3.8, 4) is 17.5 Å². The zero-order valence-corrected chi connectivity index (χ0v) is 15.3. The van der Waals surface area contributed by atoms with Gasteiger partial charge in [0.15, 0.2) is 5.82 Å². The number of piperidine rings is 1. The molecule has 2 heterocycles. The summed E-state index contributed by atoms with van der Waals surface area (Å²) in [5.74, 6) is 2.36. The Morgan fingerprint density at radius 3 is 2.48 bits per heavy atom. The van der Waals surface area contributed by atoms with Crippen molar-refractivity contribution in [3.05, 3.63) is 71.5 Å². The quantitative estimate of drug-likeness (QED) is 0.754. The van der Waals surface area contributed by atoms with E-state index in [1.165, 1.54) is 24.8 Å². The lowest BCUT2D eigenvalue weighted by Gasteiger charge is -2.31. The molecule has 5 heteroatoms. The van der Waals surface area contributed by atoms with Gasteiger partial charge in [0.25, 0.3) is 0 Å². The third-order valence-electron chi connectivity index (χ3n) is 5.25. The van der Waals surface area contributed by atoms with E-state index in [1.807, 2.05) is 12.1 Å². The standard InChI is InChI=1S/C22H23N5/c23-15-19-6-8-20(9-7-19)22-24-21(25-26-22)16-27-12-10-18(11-13-27)14-17-4-2-1-3-5-17/h1-9,18H,10-14,16H2,(H,24,25,26). The van der Waals surface area contributed by atoms with Gasteiger partial charge < -0.3 is 0 Å². The fraction of sp³-hybridized carbons (Fsp3) is 0.318. The number of nitriles is 1. The Balaban J connectivity index is 1.30. The minimum Gasteiger partial charge on any atom is -0.296 e. The monoisotopic (exact) mass is 357 g/mol. The number of benzene rings is 2. The molecule has 0 bridgehead atoms. The fourth-order valence-electron chi connectivity index (χ4n) is 3.70. The van der Waals surface area contributed by atoms with Gasteiger partial charge in [0, 0.05) is 5.56 Å². The van der Waals surface area contributed by atoms with Gasteiger partial charge in [-0.2, -0.15) is 10.4 Å². The summed E-state index contributed by atoms with van der Waals surface area (Å²) < 4.78 is 0. The number of aromatic amines is 1. The van der Waals surface area contributed by atoms with Crippen LogP contribution in [0.1, 0.15) is 29.8 Å². The van der Waals surface area contributed by atoms with Gasteiger partial charge in [-0.1, -0.05) is 30.3 Å². The summed E-state index contributed by atoms with van der Waals surface area (Å²) in [4.78, 5) is 7.07. The summed E-state index contributed by atoms with van der Waals surface area (Å²) in [5, 5.41) is 16.3. The molecular formula is C22H23N5. The van der Waals surface area contributed by atoms with Crippen molar-refractivity contribution in [2.24, 2.45) is 5.92 Å². The Hall–Kier alpha value is -2.97. The Morgan fingerprint density at radius 2 is 1.78 bits per heavy atom. The predicted molar refractivity (Wildman–Crippen MR) is 105 cm³/mol. The van der Waals surface area contributed by atoms with Crippen LogP contribution in [0.3, 0.4) is 0 Å². The van der Waals surface area contributed by atoms with Crippen LogP contribution in [-0.2, 0) is 13.0 Å². The Labute approximate surface area is 159 Å². The van der Waals surface area contributed by atoms with Crippen molar-refractivity contribution in [2.75, 3.05) is 13.1 Å². The maximum atomic E-state index is 8.89. The van der Waals surface area contributed by atoms with E-state index in [0.717, 1.165) is 36.9 Å². The van der Waals surface area contributed by atoms with Gasteiger partial charge in [-0.05, 0) is 68.1 Å². The second-order valence-corrected chi connectivity index (χ2v) is 7.20. The minimum atomic E-state index is 0.646. The summed E-state index contributed by atoms with van der Waals surface area (Å²) in [5.41, 5.74) is 3.02. The van der Waals surface area contributed by atoms with Gasteiger partial charge in [-0.15, -0.1) is 0 Å². The first-order valence-corrected chi connectivity index (χ1v) is 9.48. The van der Waals surface area contributed by atoms with E-state index in [-0.39, 0.29) is 0 Å². The molecule has 27 heavy (non-hydrogen) atoms. The lowest BCUT2D eigenvalue weighted by atomic mass is 9.90. The van der Waals surface area contributed by atoms with Crippen LogP contribution in [-0.4, -0.2) is 33.2 Å². The number of H-pyrrole nitrogens is 1. The van der Waals surface area contributed by atoms with Crippen LogP contribution in [0, 0.1) is 17.2 Å². The van der Waals surface area contributed by atoms with E-state index in [0.29, 0.717) is 11.4 Å². The van der Waals surface area contributed by atoms with Crippen molar-refractivity contribution in [2.45, 2.75) is 25.8 Å². The molecular weight excluding hydrogens is 334 g/mol. The highest BCUT2D eigenvalue weighted by molar-refractivity contribution is 5.56. The van der Waals surface area contributed by atoms with E-state index in [4.69, 9.17) is 5.26 Å². The summed E-state index contributed by atoms with van der Waals surface area (Å²) in [6.07, 6.45) is 3.64. The average molecular weight is 357 g/mol. The Morgan fingerprint density at radius 1 is 1.04 bits per heavy atom. The Kier molecular flexibility index (Phi) is 5.27. The van der Waals surface area contributed by atoms with Crippen molar-refractivity contribution >= 4 is 0 Å². The molecule has 5 nitrogen and oxygen atoms in total. The number of rotatable bonds is 5. The SMILES string of the molecule is N#Cc1ccc(-c2n[nH]c(CN3CCC(Cc4ccccc4)CC3)n2)cc1. The van der Waals surface area contributed by atoms with Crippen LogP contribution in [0.2, 0.25) is 0 Å². The third-order valence-corrected chi connectivity index (χ3v) is 5.25. The number of aromatic nitrogens is 3. The largest absolute Gasteiger partial charge is 0.296 e. The highest BCUT2D eigenvalue weighted by atomic mass is 15.2. The second kappa shape index (κ2) is 8.15. The topological polar surface area (TPSA) is 68.6 Å². The first-order valence-electron chi connectivity index (χ1n) is 9.48. The molecule has 1 saturated heterocycles. The van der Waals surface area contributed by atoms with Crippen molar-refractivity contribution < 1.29 is 0 Å². The molecule has 0 saturated carbocycles. The van der Waals surface area contributed by atoms with Gasteiger partial charge in [0.2, 0.25) is 0 Å². The smallest absolute Gasteiger partial charge is 0.181 e. The first kappa shape index (κ1) is 17.4. The molecule has 2 aromatic carbocycles. The molecule has 0 unspecified atom stereocenters. The third kappa shape index (κ3) is 4.42. The van der Waals surface area contributed by atoms with Gasteiger partial charge >= 0.3 is 0 Å². The minimum absolute atomic E-state index is 0.646. The summed E-state index contributed by atoms with van der Waals surface area (Å²) in [7, 11) is 0. The van der Waals surface area contributed by atoms with Crippen LogP contribution < -0.4 is 0 Å². The fourth-order valence-corrected chi connectivity index (χ4v) is 3.70. The van der Waals surface area contributed by atoms with E-state index < -0.39 is 0 Å². The highest BCUT2D eigenvalue weighted by Crippen LogP contribution is 2.23. The number of nitrogens with one attached hydrogen (secondary N) is 1. The van der Waals surface area contributed by atoms with E-state index >= 15 is 0 Å². The van der Waals surface area contributed by atoms with E-state index in [1.54, 1.807) is 12.1 Å². The van der Waals surface area contributed by atoms with Crippen molar-refractivity contribution in [1.29, 1.82) is 5.26 Å². The second-order valence-electron chi connectivity index (χ2n) is 7.20. The predicted octanol–water partition coefficient (Wildman–Crippen LogP) is 3.80. The molecule has 0 amide bonds. The molecule has 1 aliphatic heterocycles. The van der Waals surface area contributed by atoms with Crippen molar-refractivity contribution in [1.82, 2.24) is 20.1 Å². The lowest BCUT2D eigenvalue weighted by molar-refractivity contribution is 0.173. The molecule has 3 aromatic rings. The maximum Gasteiger partial charge on any atom is 0.181 e. The van der Waals surface area contributed by atoms with E-state index in [9.17, 15) is 0 Å². The Bertz CT molecular complexity index is 900. The molecule has 136 valence electrons. The molecule has 0 radical (unpaired) electrons. The summed E-state index contributed by atoms with van der Waals surface area (Å²) in [6.45, 7) is 3.01.